The van der Waals surface area contributed by atoms with E-state index in [0.29, 0.717) is 0 Å². The minimum atomic E-state index is 0.755. The maximum absolute atomic E-state index is 3.41. The summed E-state index contributed by atoms with van der Waals surface area (Å²) in [5.41, 5.74) is 2.55. The average molecular weight is 203 g/mol. The monoisotopic (exact) mass is 203 g/mol. The van der Waals surface area contributed by atoms with E-state index in [2.05, 4.69) is 54.6 Å². The quantitative estimate of drug-likeness (QED) is 0.740. The summed E-state index contributed by atoms with van der Waals surface area (Å²) < 4.78 is 2.37. The van der Waals surface area contributed by atoms with Gasteiger partial charge in [-0.25, -0.2) is 9.55 Å². The predicted octanol–water partition coefficient (Wildman–Crippen LogP) is 2.81. The first-order valence-electron chi connectivity index (χ1n) is 5.65. The number of hydrogen-bond donors (Lipinski definition) is 1. The van der Waals surface area contributed by atoms with Gasteiger partial charge in [-0.1, -0.05) is 26.0 Å². The van der Waals surface area contributed by atoms with Gasteiger partial charge in [-0.05, 0) is 24.5 Å². The van der Waals surface area contributed by atoms with Crippen molar-refractivity contribution in [1.82, 2.24) is 4.98 Å². The second-order valence-electron chi connectivity index (χ2n) is 4.56. The molecule has 2 heteroatoms. The summed E-state index contributed by atoms with van der Waals surface area (Å²) in [5.74, 6) is 2.00. The normalized spacial score (nSPS) is 11.5. The summed E-state index contributed by atoms with van der Waals surface area (Å²) in [7, 11) is 0. The second kappa shape index (κ2) is 4.05. The number of aromatic nitrogens is 2. The maximum atomic E-state index is 3.41. The zero-order valence-corrected chi connectivity index (χ0v) is 9.75. The summed E-state index contributed by atoms with van der Waals surface area (Å²) in [5, 5.41) is 0. The van der Waals surface area contributed by atoms with Crippen LogP contribution >= 0.6 is 0 Å². The standard InChI is InChI=1S/C13H18N2/c1-10(2)8-9-15-11(3)14-12-6-4-5-7-13(12)15/h4-7,10H,8-9H2,1-3H3/p+1. The molecule has 0 saturated carbocycles. The molecule has 0 atom stereocenters. The molecule has 1 aromatic carbocycles. The van der Waals surface area contributed by atoms with Crippen LogP contribution in [0.2, 0.25) is 0 Å². The first kappa shape index (κ1) is 10.2. The number of hydrogen-bond acceptors (Lipinski definition) is 0. The van der Waals surface area contributed by atoms with Gasteiger partial charge in [0, 0.05) is 6.92 Å². The Balaban J connectivity index is 2.36. The Kier molecular flexibility index (Phi) is 2.76. The molecule has 0 unspecified atom stereocenters. The lowest BCUT2D eigenvalue weighted by molar-refractivity contribution is -0.678. The highest BCUT2D eigenvalue weighted by Crippen LogP contribution is 2.09. The van der Waals surface area contributed by atoms with Gasteiger partial charge in [-0.2, -0.15) is 0 Å². The summed E-state index contributed by atoms with van der Waals surface area (Å²) >= 11 is 0. The van der Waals surface area contributed by atoms with E-state index in [1.165, 1.54) is 23.3 Å². The molecule has 2 aromatic rings. The van der Waals surface area contributed by atoms with Gasteiger partial charge in [-0.15, -0.1) is 0 Å². The third-order valence-electron chi connectivity index (χ3n) is 2.85. The fourth-order valence-corrected chi connectivity index (χ4v) is 1.93. The van der Waals surface area contributed by atoms with E-state index >= 15 is 0 Å². The van der Waals surface area contributed by atoms with Crippen LogP contribution in [0, 0.1) is 12.8 Å². The molecule has 0 aliphatic heterocycles. The van der Waals surface area contributed by atoms with Crippen LogP contribution in [0.3, 0.4) is 0 Å². The number of imidazole rings is 1. The second-order valence-corrected chi connectivity index (χ2v) is 4.56. The molecule has 15 heavy (non-hydrogen) atoms. The van der Waals surface area contributed by atoms with E-state index in [4.69, 9.17) is 0 Å². The molecule has 0 aliphatic carbocycles. The highest BCUT2D eigenvalue weighted by Gasteiger charge is 2.13. The highest BCUT2D eigenvalue weighted by molar-refractivity contribution is 5.70. The molecule has 0 radical (unpaired) electrons. The van der Waals surface area contributed by atoms with Crippen molar-refractivity contribution in [3.63, 3.8) is 0 Å². The fourth-order valence-electron chi connectivity index (χ4n) is 1.93. The van der Waals surface area contributed by atoms with Gasteiger partial charge in [0.05, 0.1) is 6.54 Å². The van der Waals surface area contributed by atoms with Crippen LogP contribution in [0.1, 0.15) is 26.1 Å². The van der Waals surface area contributed by atoms with Crippen LogP contribution in [0.25, 0.3) is 11.0 Å². The van der Waals surface area contributed by atoms with Crippen LogP contribution in [0.15, 0.2) is 24.3 Å². The number of nitrogens with zero attached hydrogens (tertiary/aromatic N) is 1. The van der Waals surface area contributed by atoms with Crippen LogP contribution in [0.4, 0.5) is 0 Å². The molecule has 80 valence electrons. The van der Waals surface area contributed by atoms with Crippen molar-refractivity contribution in [3.8, 4) is 0 Å². The molecule has 0 amide bonds. The molecule has 0 saturated heterocycles. The van der Waals surface area contributed by atoms with Gasteiger partial charge in [0.15, 0.2) is 11.0 Å². The molecule has 1 aromatic heterocycles. The van der Waals surface area contributed by atoms with Crippen molar-refractivity contribution in [1.29, 1.82) is 0 Å². The number of aryl methyl sites for hydroxylation is 2. The van der Waals surface area contributed by atoms with Crippen molar-refractivity contribution >= 4 is 11.0 Å². The van der Waals surface area contributed by atoms with E-state index in [1.54, 1.807) is 0 Å². The summed E-state index contributed by atoms with van der Waals surface area (Å²) in [6.45, 7) is 7.78. The molecule has 0 bridgehead atoms. The van der Waals surface area contributed by atoms with Crippen LogP contribution < -0.4 is 4.57 Å². The molecule has 0 spiro atoms. The minimum Gasteiger partial charge on any atom is -0.241 e. The third-order valence-corrected chi connectivity index (χ3v) is 2.85. The van der Waals surface area contributed by atoms with E-state index in [9.17, 15) is 0 Å². The Morgan fingerprint density at radius 2 is 2.00 bits per heavy atom. The Labute approximate surface area is 90.9 Å². The zero-order chi connectivity index (χ0) is 10.8. The van der Waals surface area contributed by atoms with E-state index in [0.717, 1.165) is 12.5 Å². The van der Waals surface area contributed by atoms with Crippen molar-refractivity contribution in [2.75, 3.05) is 0 Å². The van der Waals surface area contributed by atoms with Crippen LogP contribution in [0.5, 0.6) is 0 Å². The summed E-state index contributed by atoms with van der Waals surface area (Å²) in [6.07, 6.45) is 1.23. The molecule has 0 aliphatic rings. The largest absolute Gasteiger partial charge is 0.251 e. The molecule has 1 N–H and O–H groups in total. The van der Waals surface area contributed by atoms with Gasteiger partial charge < -0.3 is 0 Å². The predicted molar refractivity (Wildman–Crippen MR) is 62.7 cm³/mol. The van der Waals surface area contributed by atoms with Crippen molar-refractivity contribution in [3.05, 3.63) is 30.1 Å². The Morgan fingerprint density at radius 3 is 2.73 bits per heavy atom. The lowest BCUT2D eigenvalue weighted by Gasteiger charge is -2.02. The number of rotatable bonds is 3. The van der Waals surface area contributed by atoms with E-state index in [-0.39, 0.29) is 0 Å². The number of fused-ring (bicyclic) bond motifs is 1. The molecular weight excluding hydrogens is 184 g/mol. The zero-order valence-electron chi connectivity index (χ0n) is 9.75. The summed E-state index contributed by atoms with van der Waals surface area (Å²) in [4.78, 5) is 3.41. The minimum absolute atomic E-state index is 0.755. The number of benzene rings is 1. The van der Waals surface area contributed by atoms with E-state index in [1.807, 2.05) is 0 Å². The Morgan fingerprint density at radius 1 is 1.27 bits per heavy atom. The number of nitrogens with one attached hydrogen (secondary N) is 1. The summed E-state index contributed by atoms with van der Waals surface area (Å²) in [6, 6.07) is 8.49. The van der Waals surface area contributed by atoms with Gasteiger partial charge in [0.1, 0.15) is 0 Å². The lowest BCUT2D eigenvalue weighted by Crippen LogP contribution is -2.36. The van der Waals surface area contributed by atoms with Crippen molar-refractivity contribution in [2.24, 2.45) is 5.92 Å². The SMILES string of the molecule is Cc1[nH]c2ccccc2[n+]1CCC(C)C. The van der Waals surface area contributed by atoms with E-state index < -0.39 is 0 Å². The smallest absolute Gasteiger partial charge is 0.241 e. The first-order chi connectivity index (χ1) is 7.18. The fraction of sp³-hybridized carbons (Fsp3) is 0.462. The number of para-hydroxylation sites is 2. The van der Waals surface area contributed by atoms with Gasteiger partial charge >= 0.3 is 0 Å². The molecule has 2 nitrogen and oxygen atoms in total. The van der Waals surface area contributed by atoms with Gasteiger partial charge in [0.2, 0.25) is 0 Å². The third kappa shape index (κ3) is 2.04. The Bertz CT molecular complexity index is 455. The van der Waals surface area contributed by atoms with Gasteiger partial charge in [0.25, 0.3) is 5.82 Å². The number of H-pyrrole nitrogens is 1. The molecular formula is C13H19N2+. The van der Waals surface area contributed by atoms with Crippen molar-refractivity contribution in [2.45, 2.75) is 33.7 Å². The number of aromatic amines is 1. The van der Waals surface area contributed by atoms with Gasteiger partial charge in [-0.3, -0.25) is 0 Å². The first-order valence-corrected chi connectivity index (χ1v) is 5.65. The van der Waals surface area contributed by atoms with Crippen LogP contribution in [-0.4, -0.2) is 4.98 Å². The molecule has 1 heterocycles. The Hall–Kier alpha value is -1.31. The maximum Gasteiger partial charge on any atom is 0.251 e. The molecule has 2 rings (SSSR count). The molecule has 0 fully saturated rings. The van der Waals surface area contributed by atoms with Crippen LogP contribution in [-0.2, 0) is 6.54 Å². The topological polar surface area (TPSA) is 19.7 Å². The lowest BCUT2D eigenvalue weighted by atomic mass is 10.1. The van der Waals surface area contributed by atoms with Crippen molar-refractivity contribution < 1.29 is 4.57 Å². The highest BCUT2D eigenvalue weighted by atomic mass is 15.1. The average Bonchev–Trinajstić information content (AvgIpc) is 2.50.